The van der Waals surface area contributed by atoms with E-state index in [1.807, 2.05) is 38.1 Å². The summed E-state index contributed by atoms with van der Waals surface area (Å²) in [5.41, 5.74) is 4.52. The summed E-state index contributed by atoms with van der Waals surface area (Å²) in [5, 5.41) is 4.99. The zero-order valence-electron chi connectivity index (χ0n) is 22.8. The predicted octanol–water partition coefficient (Wildman–Crippen LogP) is 6.92. The van der Waals surface area contributed by atoms with Crippen molar-refractivity contribution in [2.75, 3.05) is 17.3 Å². The molecule has 0 radical (unpaired) electrons. The number of anilines is 1. The lowest BCUT2D eigenvalue weighted by atomic mass is 10.1. The van der Waals surface area contributed by atoms with Crippen LogP contribution in [0.1, 0.15) is 16.7 Å². The van der Waals surface area contributed by atoms with Gasteiger partial charge in [-0.05, 0) is 66.9 Å². The van der Waals surface area contributed by atoms with Gasteiger partial charge in [-0.15, -0.1) is 18.3 Å². The number of hydrogen-bond donors (Lipinski definition) is 0. The average molecular weight is 630 g/mol. The Hall–Kier alpha value is -4.36. The first-order chi connectivity index (χ1) is 20.5. The van der Waals surface area contributed by atoms with Crippen LogP contribution in [-0.2, 0) is 16.0 Å². The number of thioether (sulfide) groups is 1. The fourth-order valence-corrected chi connectivity index (χ4v) is 5.28. The van der Waals surface area contributed by atoms with Crippen LogP contribution in [0.15, 0.2) is 72.0 Å². The van der Waals surface area contributed by atoms with Gasteiger partial charge in [-0.25, -0.2) is 14.5 Å². The third-order valence-electron chi connectivity index (χ3n) is 6.41. The number of alkyl halides is 3. The Morgan fingerprint density at radius 1 is 1.07 bits per heavy atom. The van der Waals surface area contributed by atoms with E-state index in [1.165, 1.54) is 40.2 Å². The van der Waals surface area contributed by atoms with E-state index in [1.54, 1.807) is 12.1 Å². The van der Waals surface area contributed by atoms with Crippen LogP contribution in [0.5, 0.6) is 5.75 Å². The second kappa shape index (κ2) is 12.5. The number of hydrogen-bond acceptors (Lipinski definition) is 7. The van der Waals surface area contributed by atoms with Crippen molar-refractivity contribution in [2.45, 2.75) is 26.6 Å². The maximum absolute atomic E-state index is 12.5. The molecular formula is C29H23ClF3N5O4S. The molecule has 0 N–H and O–H groups in total. The lowest BCUT2D eigenvalue weighted by Crippen LogP contribution is -2.30. The molecule has 5 rings (SSSR count). The topological polar surface area (TPSA) is 98.9 Å². The van der Waals surface area contributed by atoms with Crippen LogP contribution in [0.2, 0.25) is 5.02 Å². The van der Waals surface area contributed by atoms with Gasteiger partial charge in [-0.3, -0.25) is 9.69 Å². The third-order valence-corrected chi connectivity index (χ3v) is 7.64. The van der Waals surface area contributed by atoms with Crippen molar-refractivity contribution in [3.8, 4) is 22.8 Å². The highest BCUT2D eigenvalue weighted by Gasteiger charge is 2.32. The molecular weight excluding hydrogens is 607 g/mol. The standard InChI is InChI=1S/C29H23ClF3N5O4S/c1-17-13-23(30)24(14-18(17)2)38-25(39)15-43-27(38)35-28(40)41-12-11-19-3-5-20(6-4-19)26-34-16-37(36-26)21-7-9-22(10-8-21)42-29(31,32)33/h3-10,13-14,16H,11-12,15H2,1-2H3. The molecule has 1 aromatic heterocycles. The number of benzene rings is 3. The zero-order chi connectivity index (χ0) is 30.7. The number of rotatable bonds is 7. The molecule has 1 aliphatic rings. The molecule has 4 aromatic rings. The highest BCUT2D eigenvalue weighted by atomic mass is 35.5. The molecule has 14 heteroatoms. The smallest absolute Gasteiger partial charge is 0.448 e. The lowest BCUT2D eigenvalue weighted by molar-refractivity contribution is -0.274. The molecule has 0 bridgehead atoms. The van der Waals surface area contributed by atoms with Crippen molar-refractivity contribution in [1.82, 2.24) is 14.8 Å². The molecule has 43 heavy (non-hydrogen) atoms. The van der Waals surface area contributed by atoms with Crippen molar-refractivity contribution in [3.63, 3.8) is 0 Å². The first-order valence-electron chi connectivity index (χ1n) is 12.8. The normalized spacial score (nSPS) is 14.4. The number of amidine groups is 1. The molecule has 9 nitrogen and oxygen atoms in total. The Bertz CT molecular complexity index is 1690. The van der Waals surface area contributed by atoms with Gasteiger partial charge in [0.1, 0.15) is 12.1 Å². The van der Waals surface area contributed by atoms with Crippen LogP contribution in [0, 0.1) is 13.8 Å². The van der Waals surface area contributed by atoms with E-state index < -0.39 is 12.5 Å². The van der Waals surface area contributed by atoms with Crippen LogP contribution in [0.4, 0.5) is 23.7 Å². The molecule has 3 aromatic carbocycles. The van der Waals surface area contributed by atoms with Crippen LogP contribution in [-0.4, -0.2) is 50.7 Å². The summed E-state index contributed by atoms with van der Waals surface area (Å²) in [5.74, 6) is -0.00380. The minimum absolute atomic E-state index is 0.0683. The van der Waals surface area contributed by atoms with Gasteiger partial charge >= 0.3 is 12.5 Å². The average Bonchev–Trinajstić information content (AvgIpc) is 3.58. The largest absolute Gasteiger partial charge is 0.573 e. The predicted molar refractivity (Wildman–Crippen MR) is 157 cm³/mol. The van der Waals surface area contributed by atoms with Crippen molar-refractivity contribution in [1.29, 1.82) is 0 Å². The summed E-state index contributed by atoms with van der Waals surface area (Å²) in [7, 11) is 0. The molecule has 0 atom stereocenters. The summed E-state index contributed by atoms with van der Waals surface area (Å²) < 4.78 is 47.8. The summed E-state index contributed by atoms with van der Waals surface area (Å²) in [6.45, 7) is 3.90. The molecule has 0 unspecified atom stereocenters. The van der Waals surface area contributed by atoms with Gasteiger partial charge in [0.25, 0.3) is 0 Å². The van der Waals surface area contributed by atoms with E-state index >= 15 is 0 Å². The monoisotopic (exact) mass is 629 g/mol. The van der Waals surface area contributed by atoms with Gasteiger partial charge in [-0.1, -0.05) is 47.6 Å². The third kappa shape index (κ3) is 7.35. The first-order valence-corrected chi connectivity index (χ1v) is 14.2. The Kier molecular flexibility index (Phi) is 8.74. The quantitative estimate of drug-likeness (QED) is 0.219. The van der Waals surface area contributed by atoms with Crippen LogP contribution in [0.25, 0.3) is 17.1 Å². The summed E-state index contributed by atoms with van der Waals surface area (Å²) in [6.07, 6.45) is -3.70. The Morgan fingerprint density at radius 3 is 2.47 bits per heavy atom. The summed E-state index contributed by atoms with van der Waals surface area (Å²) in [4.78, 5) is 34.6. The van der Waals surface area contributed by atoms with Gasteiger partial charge in [-0.2, -0.15) is 4.99 Å². The van der Waals surface area contributed by atoms with E-state index in [9.17, 15) is 22.8 Å². The summed E-state index contributed by atoms with van der Waals surface area (Å²) in [6, 6.07) is 16.1. The van der Waals surface area contributed by atoms with Crippen molar-refractivity contribution >= 4 is 46.2 Å². The van der Waals surface area contributed by atoms with Gasteiger partial charge in [0, 0.05) is 12.0 Å². The highest BCUT2D eigenvalue weighted by molar-refractivity contribution is 8.15. The molecule has 222 valence electrons. The molecule has 0 saturated carbocycles. The maximum atomic E-state index is 12.5. The van der Waals surface area contributed by atoms with E-state index in [2.05, 4.69) is 19.8 Å². The van der Waals surface area contributed by atoms with Crippen molar-refractivity contribution < 1.29 is 32.2 Å². The molecule has 1 aliphatic heterocycles. The fraction of sp³-hybridized carbons (Fsp3) is 0.207. The second-order valence-corrected chi connectivity index (χ2v) is 10.8. The van der Waals surface area contributed by atoms with Crippen LogP contribution >= 0.6 is 23.4 Å². The Balaban J connectivity index is 1.16. The lowest BCUT2D eigenvalue weighted by Gasteiger charge is -2.18. The van der Waals surface area contributed by atoms with Crippen molar-refractivity contribution in [2.24, 2.45) is 4.99 Å². The number of ether oxygens (including phenoxy) is 2. The van der Waals surface area contributed by atoms with E-state index in [4.69, 9.17) is 16.3 Å². The number of aromatic nitrogens is 3. The minimum Gasteiger partial charge on any atom is -0.448 e. The number of carbonyl (C=O) groups is 2. The number of halogens is 4. The molecule has 2 amide bonds. The van der Waals surface area contributed by atoms with Gasteiger partial charge in [0.05, 0.1) is 28.8 Å². The van der Waals surface area contributed by atoms with Crippen molar-refractivity contribution in [3.05, 3.63) is 88.7 Å². The van der Waals surface area contributed by atoms with E-state index in [0.717, 1.165) is 34.0 Å². The zero-order valence-corrected chi connectivity index (χ0v) is 24.3. The van der Waals surface area contributed by atoms with E-state index in [-0.39, 0.29) is 29.2 Å². The SMILES string of the molecule is Cc1cc(Cl)c(N2C(=O)CSC2=NC(=O)OCCc2ccc(-c3ncn(-c4ccc(OC(F)(F)F)cc4)n3)cc2)cc1C. The number of aliphatic imine (C=N–C) groups is 1. The fourth-order valence-electron chi connectivity index (χ4n) is 4.13. The molecule has 2 heterocycles. The van der Waals surface area contributed by atoms with Crippen LogP contribution < -0.4 is 9.64 Å². The number of amides is 2. The summed E-state index contributed by atoms with van der Waals surface area (Å²) >= 11 is 7.52. The maximum Gasteiger partial charge on any atom is 0.573 e. The molecule has 1 saturated heterocycles. The van der Waals surface area contributed by atoms with E-state index in [0.29, 0.717) is 28.6 Å². The second-order valence-electron chi connectivity index (χ2n) is 9.42. The van der Waals surface area contributed by atoms with Gasteiger partial charge in [0.2, 0.25) is 5.91 Å². The Labute approximate surface area is 253 Å². The molecule has 0 spiro atoms. The highest BCUT2D eigenvalue weighted by Crippen LogP contribution is 2.34. The number of carbonyl (C=O) groups excluding carboxylic acids is 2. The van der Waals surface area contributed by atoms with Crippen LogP contribution in [0.3, 0.4) is 0 Å². The molecule has 1 fully saturated rings. The Morgan fingerprint density at radius 2 is 1.77 bits per heavy atom. The first kappa shape index (κ1) is 30.1. The number of aryl methyl sites for hydroxylation is 2. The number of nitrogens with zero attached hydrogens (tertiary/aromatic N) is 5. The van der Waals surface area contributed by atoms with Gasteiger partial charge in [0.15, 0.2) is 11.0 Å². The van der Waals surface area contributed by atoms with Gasteiger partial charge < -0.3 is 9.47 Å². The minimum atomic E-state index is -4.77. The molecule has 0 aliphatic carbocycles.